The monoisotopic (exact) mass is 335 g/mol. The predicted octanol–water partition coefficient (Wildman–Crippen LogP) is 0.980. The zero-order valence-electron chi connectivity index (χ0n) is 14.0. The minimum Gasteiger partial charge on any atom is -0.393 e. The summed E-state index contributed by atoms with van der Waals surface area (Å²) in [5, 5.41) is 14.9. The Hall–Kier alpha value is -2.12. The van der Waals surface area contributed by atoms with E-state index in [4.69, 9.17) is 4.74 Å². The maximum Gasteiger partial charge on any atom is 0.319 e. The first-order valence-corrected chi connectivity index (χ1v) is 8.17. The van der Waals surface area contributed by atoms with Crippen molar-refractivity contribution in [2.75, 3.05) is 38.7 Å². The van der Waals surface area contributed by atoms with E-state index in [1.807, 2.05) is 12.1 Å². The lowest BCUT2D eigenvalue weighted by Gasteiger charge is -2.29. The minimum atomic E-state index is -0.289. The first-order chi connectivity index (χ1) is 11.6. The Labute approximate surface area is 142 Å². The molecular formula is C17H25N3O4. The van der Waals surface area contributed by atoms with Crippen LogP contribution in [-0.4, -0.2) is 61.4 Å². The Morgan fingerprint density at radius 1 is 1.25 bits per heavy atom. The fraction of sp³-hybridized carbons (Fsp3) is 0.529. The highest BCUT2D eigenvalue weighted by atomic mass is 16.5. The highest BCUT2D eigenvalue weighted by Gasteiger charge is 2.21. The van der Waals surface area contributed by atoms with Crippen molar-refractivity contribution in [3.63, 3.8) is 0 Å². The number of amides is 3. The van der Waals surface area contributed by atoms with Crippen LogP contribution in [0.1, 0.15) is 18.4 Å². The molecule has 1 aromatic rings. The van der Waals surface area contributed by atoms with Crippen LogP contribution in [0.4, 0.5) is 10.5 Å². The highest BCUT2D eigenvalue weighted by Crippen LogP contribution is 2.14. The maximum atomic E-state index is 12.2. The normalized spacial score (nSPS) is 15.2. The molecule has 7 heteroatoms. The van der Waals surface area contributed by atoms with E-state index >= 15 is 0 Å². The largest absolute Gasteiger partial charge is 0.393 e. The van der Waals surface area contributed by atoms with Crippen LogP contribution in [0.15, 0.2) is 24.3 Å². The lowest BCUT2D eigenvalue weighted by Crippen LogP contribution is -2.40. The van der Waals surface area contributed by atoms with E-state index in [1.54, 1.807) is 24.1 Å². The van der Waals surface area contributed by atoms with Gasteiger partial charge in [0.1, 0.15) is 0 Å². The highest BCUT2D eigenvalue weighted by molar-refractivity contribution is 5.89. The number of rotatable bonds is 6. The molecule has 3 amide bonds. The second kappa shape index (κ2) is 9.24. The Kier molecular flexibility index (Phi) is 7.02. The van der Waals surface area contributed by atoms with Gasteiger partial charge in [0.25, 0.3) is 0 Å². The molecule has 1 aliphatic rings. The molecule has 7 nitrogen and oxygen atoms in total. The van der Waals surface area contributed by atoms with Crippen LogP contribution >= 0.6 is 0 Å². The number of ether oxygens (including phenoxy) is 1. The molecular weight excluding hydrogens is 310 g/mol. The lowest BCUT2D eigenvalue weighted by molar-refractivity contribution is -0.132. The number of carbonyl (C=O) groups is 2. The van der Waals surface area contributed by atoms with Crippen LogP contribution in [0, 0.1) is 0 Å². The third kappa shape index (κ3) is 5.82. The molecule has 0 aromatic heterocycles. The molecule has 1 saturated heterocycles. The molecule has 3 N–H and O–H groups in total. The zero-order valence-corrected chi connectivity index (χ0v) is 14.0. The standard InChI is InChI=1S/C17H25N3O4/c1-24-11-8-18-17(23)19-14-4-2-13(3-5-14)12-16(22)20-9-6-15(21)7-10-20/h2-5,15,21H,6-12H2,1H3,(H2,18,19,23). The number of anilines is 1. The molecule has 0 spiro atoms. The summed E-state index contributed by atoms with van der Waals surface area (Å²) in [5.74, 6) is 0.0694. The van der Waals surface area contributed by atoms with Gasteiger partial charge in [-0.2, -0.15) is 0 Å². The molecule has 132 valence electrons. The third-order valence-corrected chi connectivity index (χ3v) is 3.98. The van der Waals surface area contributed by atoms with E-state index in [-0.39, 0.29) is 18.0 Å². The summed E-state index contributed by atoms with van der Waals surface area (Å²) in [5.41, 5.74) is 1.57. The third-order valence-electron chi connectivity index (χ3n) is 3.98. The van der Waals surface area contributed by atoms with Gasteiger partial charge in [0.15, 0.2) is 0 Å². The van der Waals surface area contributed by atoms with Gasteiger partial charge in [-0.1, -0.05) is 12.1 Å². The van der Waals surface area contributed by atoms with Gasteiger partial charge in [0.05, 0.1) is 19.1 Å². The van der Waals surface area contributed by atoms with E-state index in [0.717, 1.165) is 5.56 Å². The second-order valence-electron chi connectivity index (χ2n) is 5.86. The van der Waals surface area contributed by atoms with Crippen LogP contribution in [0.3, 0.4) is 0 Å². The maximum absolute atomic E-state index is 12.2. The predicted molar refractivity (Wildman–Crippen MR) is 90.9 cm³/mol. The van der Waals surface area contributed by atoms with E-state index < -0.39 is 0 Å². The molecule has 0 atom stereocenters. The Bertz CT molecular complexity index is 539. The van der Waals surface area contributed by atoms with Gasteiger partial charge in [-0.3, -0.25) is 4.79 Å². The topological polar surface area (TPSA) is 90.9 Å². The summed E-state index contributed by atoms with van der Waals surface area (Å²) < 4.78 is 4.86. The SMILES string of the molecule is COCCNC(=O)Nc1ccc(CC(=O)N2CCC(O)CC2)cc1. The van der Waals surface area contributed by atoms with Crippen molar-refractivity contribution in [2.45, 2.75) is 25.4 Å². The molecule has 0 aliphatic carbocycles. The minimum absolute atomic E-state index is 0.0694. The number of hydrogen-bond donors (Lipinski definition) is 3. The van der Waals surface area contributed by atoms with Crippen molar-refractivity contribution in [1.29, 1.82) is 0 Å². The van der Waals surface area contributed by atoms with Gasteiger partial charge in [-0.05, 0) is 30.5 Å². The number of piperidine rings is 1. The number of nitrogens with zero attached hydrogens (tertiary/aromatic N) is 1. The number of aliphatic hydroxyl groups excluding tert-OH is 1. The fourth-order valence-corrected chi connectivity index (χ4v) is 2.55. The number of aliphatic hydroxyl groups is 1. The molecule has 0 bridgehead atoms. The van der Waals surface area contributed by atoms with E-state index in [1.165, 1.54) is 0 Å². The van der Waals surface area contributed by atoms with Crippen molar-refractivity contribution in [3.8, 4) is 0 Å². The Morgan fingerprint density at radius 2 is 1.92 bits per heavy atom. The van der Waals surface area contributed by atoms with Crippen molar-refractivity contribution in [2.24, 2.45) is 0 Å². The van der Waals surface area contributed by atoms with Crippen molar-refractivity contribution >= 4 is 17.6 Å². The fourth-order valence-electron chi connectivity index (χ4n) is 2.55. The van der Waals surface area contributed by atoms with Crippen LogP contribution in [0.2, 0.25) is 0 Å². The molecule has 1 heterocycles. The van der Waals surface area contributed by atoms with Gasteiger partial charge in [-0.15, -0.1) is 0 Å². The summed E-state index contributed by atoms with van der Waals surface area (Å²) in [6.45, 7) is 2.13. The first-order valence-electron chi connectivity index (χ1n) is 8.17. The number of urea groups is 1. The zero-order chi connectivity index (χ0) is 17.4. The number of nitrogens with one attached hydrogen (secondary N) is 2. The number of likely N-dealkylation sites (tertiary alicyclic amines) is 1. The molecule has 2 rings (SSSR count). The van der Waals surface area contributed by atoms with E-state index in [0.29, 0.717) is 51.2 Å². The average molecular weight is 335 g/mol. The summed E-state index contributed by atoms with van der Waals surface area (Å²) in [4.78, 5) is 25.7. The molecule has 1 fully saturated rings. The van der Waals surface area contributed by atoms with Crippen molar-refractivity contribution in [3.05, 3.63) is 29.8 Å². The summed E-state index contributed by atoms with van der Waals surface area (Å²) in [6.07, 6.45) is 1.34. The number of hydrogen-bond acceptors (Lipinski definition) is 4. The van der Waals surface area contributed by atoms with Gasteiger partial charge in [-0.25, -0.2) is 4.79 Å². The van der Waals surface area contributed by atoms with Gasteiger partial charge < -0.3 is 25.4 Å². The van der Waals surface area contributed by atoms with Crippen LogP contribution in [0.5, 0.6) is 0 Å². The van der Waals surface area contributed by atoms with Gasteiger partial charge >= 0.3 is 6.03 Å². The Balaban J connectivity index is 1.79. The van der Waals surface area contributed by atoms with Crippen LogP contribution in [-0.2, 0) is 16.0 Å². The second-order valence-corrected chi connectivity index (χ2v) is 5.86. The molecule has 1 aliphatic heterocycles. The van der Waals surface area contributed by atoms with Gasteiger partial charge in [0, 0.05) is 32.4 Å². The number of benzene rings is 1. The molecule has 0 saturated carbocycles. The van der Waals surface area contributed by atoms with E-state index in [2.05, 4.69) is 10.6 Å². The van der Waals surface area contributed by atoms with Crippen LogP contribution < -0.4 is 10.6 Å². The molecule has 24 heavy (non-hydrogen) atoms. The summed E-state index contributed by atoms with van der Waals surface area (Å²) in [7, 11) is 1.58. The van der Waals surface area contributed by atoms with Crippen molar-refractivity contribution < 1.29 is 19.4 Å². The molecule has 1 aromatic carbocycles. The molecule has 0 radical (unpaired) electrons. The van der Waals surface area contributed by atoms with Crippen LogP contribution in [0.25, 0.3) is 0 Å². The average Bonchev–Trinajstić information content (AvgIpc) is 2.57. The lowest BCUT2D eigenvalue weighted by atomic mass is 10.1. The van der Waals surface area contributed by atoms with E-state index in [9.17, 15) is 14.7 Å². The first kappa shape index (κ1) is 18.2. The summed E-state index contributed by atoms with van der Waals surface area (Å²) in [6, 6.07) is 6.93. The van der Waals surface area contributed by atoms with Crippen molar-refractivity contribution in [1.82, 2.24) is 10.2 Å². The smallest absolute Gasteiger partial charge is 0.319 e. The number of carbonyl (C=O) groups excluding carboxylic acids is 2. The number of methoxy groups -OCH3 is 1. The summed E-state index contributed by atoms with van der Waals surface area (Å²) >= 11 is 0. The molecule has 0 unspecified atom stereocenters. The quantitative estimate of drug-likeness (QED) is 0.676. The Morgan fingerprint density at radius 3 is 2.54 bits per heavy atom. The van der Waals surface area contributed by atoms with Gasteiger partial charge in [0.2, 0.25) is 5.91 Å².